The van der Waals surface area contributed by atoms with Crippen LogP contribution >= 0.6 is 7.82 Å². The number of unbranched alkanes of at least 4 members (excludes halogenated alkanes) is 15. The van der Waals surface area contributed by atoms with Gasteiger partial charge in [0.2, 0.25) is 5.91 Å². The number of carbonyl (C=O) groups excluding carboxylic acids is 2. The van der Waals surface area contributed by atoms with Crippen molar-refractivity contribution in [2.75, 3.05) is 26.4 Å². The Bertz CT molecular complexity index is 1240. The van der Waals surface area contributed by atoms with Crippen LogP contribution in [0.2, 0.25) is 0 Å². The van der Waals surface area contributed by atoms with Crippen LogP contribution in [0.3, 0.4) is 0 Å². The second-order valence-electron chi connectivity index (χ2n) is 15.0. The number of rotatable bonds is 42. The van der Waals surface area contributed by atoms with Crippen molar-refractivity contribution in [2.45, 2.75) is 187 Å². The van der Waals surface area contributed by atoms with Crippen LogP contribution in [0.15, 0.2) is 85.1 Å². The number of ether oxygens (including phenoxy) is 1. The summed E-state index contributed by atoms with van der Waals surface area (Å²) in [4.78, 5) is 34.0. The zero-order valence-corrected chi connectivity index (χ0v) is 38.1. The maximum Gasteiger partial charge on any atom is 0.472 e. The molecule has 0 aliphatic rings. The van der Waals surface area contributed by atoms with Crippen molar-refractivity contribution in [3.05, 3.63) is 85.1 Å². The first-order valence-electron chi connectivity index (χ1n) is 23.1. The Balaban J connectivity index is 3.66. The third-order valence-electron chi connectivity index (χ3n) is 9.31. The highest BCUT2D eigenvalue weighted by atomic mass is 31.2. The minimum absolute atomic E-state index is 0.0703. The van der Waals surface area contributed by atoms with Crippen molar-refractivity contribution in [3.8, 4) is 0 Å². The first-order valence-corrected chi connectivity index (χ1v) is 24.6. The Labute approximate surface area is 360 Å². The average Bonchev–Trinajstić information content (AvgIpc) is 3.22. The van der Waals surface area contributed by atoms with Crippen LogP contribution in [0.5, 0.6) is 0 Å². The molecule has 3 N–H and O–H groups in total. The van der Waals surface area contributed by atoms with E-state index in [-0.39, 0.29) is 32.1 Å². The molecule has 2 unspecified atom stereocenters. The number of phosphoric acid groups is 1. The predicted molar refractivity (Wildman–Crippen MR) is 247 cm³/mol. The second kappa shape index (κ2) is 44.7. The molecule has 0 aromatic heterocycles. The maximum absolute atomic E-state index is 12.1. The number of aliphatic hydroxyl groups is 1. The molecule has 0 aliphatic carbocycles. The van der Waals surface area contributed by atoms with E-state index in [9.17, 15) is 24.2 Å². The number of aliphatic hydroxyl groups excluding tert-OH is 1. The standard InChI is InChI=1S/C49H84NO8P/c1-3-5-7-9-11-13-15-17-19-21-22-23-24-26-28-30-32-34-36-38-40-42-49(53)56-45-47(51)46-58-59(54,55)57-44-43-50-48(52)41-39-37-35-33-31-29-27-25-20-18-16-14-12-10-8-6-4-2/h5,7,11-14,17-20,22-23,26,28,47,51H,3-4,6,8-10,15-16,21,24-25,27,29-46H2,1-2H3,(H,50,52)(H,54,55)/b7-5-,13-11-,14-12-,19-17-,20-18-,23-22-,28-26-. The molecule has 0 aromatic rings. The van der Waals surface area contributed by atoms with Crippen molar-refractivity contribution in [1.82, 2.24) is 5.32 Å². The Morgan fingerprint density at radius 3 is 1.46 bits per heavy atom. The molecule has 59 heavy (non-hydrogen) atoms. The van der Waals surface area contributed by atoms with Crippen molar-refractivity contribution in [3.63, 3.8) is 0 Å². The number of hydrogen-bond acceptors (Lipinski definition) is 7. The van der Waals surface area contributed by atoms with Crippen LogP contribution in [-0.2, 0) is 27.9 Å². The molecule has 10 heteroatoms. The van der Waals surface area contributed by atoms with Crippen LogP contribution in [0, 0.1) is 0 Å². The van der Waals surface area contributed by atoms with Gasteiger partial charge in [0, 0.05) is 19.4 Å². The second-order valence-corrected chi connectivity index (χ2v) is 16.4. The number of carbonyl (C=O) groups is 2. The fourth-order valence-corrected chi connectivity index (χ4v) is 6.60. The van der Waals surface area contributed by atoms with Crippen molar-refractivity contribution >= 4 is 19.7 Å². The molecule has 0 heterocycles. The summed E-state index contributed by atoms with van der Waals surface area (Å²) < 4.78 is 26.9. The van der Waals surface area contributed by atoms with Crippen LogP contribution in [0.1, 0.15) is 181 Å². The Kier molecular flexibility index (Phi) is 42.6. The average molecular weight is 846 g/mol. The van der Waals surface area contributed by atoms with Gasteiger partial charge < -0.3 is 20.1 Å². The van der Waals surface area contributed by atoms with Gasteiger partial charge in [0.15, 0.2) is 0 Å². The van der Waals surface area contributed by atoms with E-state index in [0.717, 1.165) is 96.3 Å². The summed E-state index contributed by atoms with van der Waals surface area (Å²) in [5, 5.41) is 12.7. The van der Waals surface area contributed by atoms with Crippen LogP contribution in [-0.4, -0.2) is 54.3 Å². The van der Waals surface area contributed by atoms with Crippen molar-refractivity contribution in [1.29, 1.82) is 0 Å². The van der Waals surface area contributed by atoms with E-state index in [1.807, 2.05) is 0 Å². The highest BCUT2D eigenvalue weighted by Crippen LogP contribution is 2.42. The third-order valence-corrected chi connectivity index (χ3v) is 10.3. The fourth-order valence-electron chi connectivity index (χ4n) is 5.85. The van der Waals surface area contributed by atoms with Gasteiger partial charge in [-0.1, -0.05) is 163 Å². The zero-order valence-electron chi connectivity index (χ0n) is 37.2. The zero-order chi connectivity index (χ0) is 43.2. The summed E-state index contributed by atoms with van der Waals surface area (Å²) in [6, 6.07) is 0. The van der Waals surface area contributed by atoms with Gasteiger partial charge in [0.25, 0.3) is 0 Å². The van der Waals surface area contributed by atoms with Gasteiger partial charge in [-0.3, -0.25) is 18.6 Å². The molecule has 0 bridgehead atoms. The Hall–Kier alpha value is -2.81. The van der Waals surface area contributed by atoms with E-state index in [1.54, 1.807) is 0 Å². The van der Waals surface area contributed by atoms with Gasteiger partial charge in [-0.2, -0.15) is 0 Å². The number of amides is 1. The van der Waals surface area contributed by atoms with Crippen LogP contribution in [0.25, 0.3) is 0 Å². The topological polar surface area (TPSA) is 131 Å². The summed E-state index contributed by atoms with van der Waals surface area (Å²) in [6.07, 6.45) is 56.5. The number of esters is 1. The maximum atomic E-state index is 12.1. The van der Waals surface area contributed by atoms with E-state index in [2.05, 4.69) is 104 Å². The number of hydrogen-bond donors (Lipinski definition) is 3. The van der Waals surface area contributed by atoms with Gasteiger partial charge in [0.05, 0.1) is 13.2 Å². The minimum atomic E-state index is -4.43. The van der Waals surface area contributed by atoms with E-state index >= 15 is 0 Å². The molecular weight excluding hydrogens is 762 g/mol. The molecule has 0 fully saturated rings. The first kappa shape index (κ1) is 56.2. The Morgan fingerprint density at radius 2 is 0.966 bits per heavy atom. The quantitative estimate of drug-likeness (QED) is 0.0240. The van der Waals surface area contributed by atoms with Crippen molar-refractivity contribution < 1.29 is 37.9 Å². The number of nitrogens with one attached hydrogen (secondary N) is 1. The molecule has 0 spiro atoms. The molecule has 2 atom stereocenters. The Morgan fingerprint density at radius 1 is 0.542 bits per heavy atom. The third kappa shape index (κ3) is 46.1. The lowest BCUT2D eigenvalue weighted by molar-refractivity contribution is -0.147. The lowest BCUT2D eigenvalue weighted by atomic mass is 10.1. The van der Waals surface area contributed by atoms with Gasteiger partial charge in [-0.25, -0.2) is 4.57 Å². The van der Waals surface area contributed by atoms with E-state index in [4.69, 9.17) is 13.8 Å². The normalized spacial score (nSPS) is 14.0. The summed E-state index contributed by atoms with van der Waals surface area (Å²) >= 11 is 0. The van der Waals surface area contributed by atoms with E-state index in [1.165, 1.54) is 51.4 Å². The highest BCUT2D eigenvalue weighted by molar-refractivity contribution is 7.47. The van der Waals surface area contributed by atoms with Gasteiger partial charge in [-0.15, -0.1) is 0 Å². The van der Waals surface area contributed by atoms with Gasteiger partial charge in [-0.05, 0) is 89.9 Å². The molecule has 0 aromatic carbocycles. The lowest BCUT2D eigenvalue weighted by Gasteiger charge is -2.15. The number of phosphoric ester groups is 1. The number of allylic oxidation sites excluding steroid dienone is 14. The minimum Gasteiger partial charge on any atom is -0.463 e. The van der Waals surface area contributed by atoms with Crippen LogP contribution < -0.4 is 5.32 Å². The lowest BCUT2D eigenvalue weighted by Crippen LogP contribution is -2.27. The molecule has 9 nitrogen and oxygen atoms in total. The predicted octanol–water partition coefficient (Wildman–Crippen LogP) is 13.2. The molecule has 0 saturated heterocycles. The molecule has 0 aliphatic heterocycles. The molecule has 0 rings (SSSR count). The summed E-state index contributed by atoms with van der Waals surface area (Å²) in [5.41, 5.74) is 0. The van der Waals surface area contributed by atoms with Gasteiger partial charge >= 0.3 is 13.8 Å². The molecule has 0 saturated carbocycles. The first-order chi connectivity index (χ1) is 28.8. The molecular formula is C49H84NO8P. The van der Waals surface area contributed by atoms with E-state index < -0.39 is 26.5 Å². The SMILES string of the molecule is CC/C=C\C/C=C\C/C=C\C/C=C\C/C=C\CCCCCCCC(=O)OCC(O)COP(=O)(O)OCCNC(=O)CCCCCCCCC/C=C\C/C=C\CCCCC. The summed E-state index contributed by atoms with van der Waals surface area (Å²) in [7, 11) is -4.43. The molecule has 338 valence electrons. The van der Waals surface area contributed by atoms with E-state index in [0.29, 0.717) is 12.8 Å². The summed E-state index contributed by atoms with van der Waals surface area (Å²) in [6.45, 7) is 3.37. The largest absolute Gasteiger partial charge is 0.472 e. The van der Waals surface area contributed by atoms with Gasteiger partial charge in [0.1, 0.15) is 12.7 Å². The fraction of sp³-hybridized carbons (Fsp3) is 0.673. The summed E-state index contributed by atoms with van der Waals surface area (Å²) in [5.74, 6) is -0.549. The van der Waals surface area contributed by atoms with Crippen LogP contribution in [0.4, 0.5) is 0 Å². The highest BCUT2D eigenvalue weighted by Gasteiger charge is 2.23. The molecule has 0 radical (unpaired) electrons. The molecule has 1 amide bonds. The monoisotopic (exact) mass is 846 g/mol. The smallest absolute Gasteiger partial charge is 0.463 e. The van der Waals surface area contributed by atoms with Crippen molar-refractivity contribution in [2.24, 2.45) is 0 Å².